The standard InChI is InChI=1S/C17H23N3OS/c18-9-8-12-6-7-14(10-12)16(21)20-17-19-11-15(22-17)13-4-2-1-3-5-13/h11-14H,1-8,10H2,(H,19,20,21)/t12-,14?/m0/s1. The van der Waals surface area contributed by atoms with Crippen LogP contribution in [0, 0.1) is 23.2 Å². The van der Waals surface area contributed by atoms with Gasteiger partial charge in [0.05, 0.1) is 6.07 Å². The van der Waals surface area contributed by atoms with Crippen molar-refractivity contribution in [3.63, 3.8) is 0 Å². The predicted octanol–water partition coefficient (Wildman–Crippen LogP) is 4.46. The molecule has 2 aliphatic carbocycles. The molecule has 118 valence electrons. The van der Waals surface area contributed by atoms with E-state index in [0.29, 0.717) is 18.3 Å². The largest absolute Gasteiger partial charge is 0.302 e. The van der Waals surface area contributed by atoms with Gasteiger partial charge < -0.3 is 5.32 Å². The summed E-state index contributed by atoms with van der Waals surface area (Å²) in [4.78, 5) is 18.0. The van der Waals surface area contributed by atoms with Crippen LogP contribution in [0.1, 0.15) is 68.6 Å². The Balaban J connectivity index is 1.54. The Kier molecular flexibility index (Phi) is 5.09. The van der Waals surface area contributed by atoms with Gasteiger partial charge in [0.1, 0.15) is 0 Å². The SMILES string of the molecule is N#CC[C@@H]1CCC(C(=O)Nc2ncc(C3CCCCC3)s2)C1. The van der Waals surface area contributed by atoms with E-state index < -0.39 is 0 Å². The lowest BCUT2D eigenvalue weighted by molar-refractivity contribution is -0.119. The molecule has 2 atom stereocenters. The average molecular weight is 317 g/mol. The monoisotopic (exact) mass is 317 g/mol. The van der Waals surface area contributed by atoms with E-state index in [9.17, 15) is 4.79 Å². The van der Waals surface area contributed by atoms with Crippen molar-refractivity contribution in [3.05, 3.63) is 11.1 Å². The van der Waals surface area contributed by atoms with Gasteiger partial charge in [-0.2, -0.15) is 5.26 Å². The van der Waals surface area contributed by atoms with Gasteiger partial charge >= 0.3 is 0 Å². The van der Waals surface area contributed by atoms with Crippen LogP contribution in [-0.2, 0) is 4.79 Å². The summed E-state index contributed by atoms with van der Waals surface area (Å²) in [6.07, 6.45) is 11.8. The molecule has 2 fully saturated rings. The molecule has 1 N–H and O–H groups in total. The van der Waals surface area contributed by atoms with Crippen LogP contribution in [-0.4, -0.2) is 10.9 Å². The van der Waals surface area contributed by atoms with E-state index in [2.05, 4.69) is 16.4 Å². The molecule has 0 spiro atoms. The van der Waals surface area contributed by atoms with Crippen molar-refractivity contribution >= 4 is 22.4 Å². The van der Waals surface area contributed by atoms with Crippen LogP contribution in [0.3, 0.4) is 0 Å². The molecule has 5 heteroatoms. The quantitative estimate of drug-likeness (QED) is 0.891. The second-order valence-corrected chi connectivity index (χ2v) is 7.69. The van der Waals surface area contributed by atoms with Crippen molar-refractivity contribution in [3.8, 4) is 6.07 Å². The van der Waals surface area contributed by atoms with Gasteiger partial charge in [0.2, 0.25) is 5.91 Å². The van der Waals surface area contributed by atoms with E-state index in [1.54, 1.807) is 11.3 Å². The second-order valence-electron chi connectivity index (χ2n) is 6.63. The molecule has 22 heavy (non-hydrogen) atoms. The molecule has 0 aliphatic heterocycles. The maximum absolute atomic E-state index is 12.3. The highest BCUT2D eigenvalue weighted by Gasteiger charge is 2.30. The molecule has 2 saturated carbocycles. The van der Waals surface area contributed by atoms with Gasteiger partial charge in [-0.25, -0.2) is 4.98 Å². The Bertz CT molecular complexity index is 556. The summed E-state index contributed by atoms with van der Waals surface area (Å²) < 4.78 is 0. The van der Waals surface area contributed by atoms with Crippen molar-refractivity contribution in [1.82, 2.24) is 4.98 Å². The summed E-state index contributed by atoms with van der Waals surface area (Å²) in [7, 11) is 0. The Hall–Kier alpha value is -1.41. The van der Waals surface area contributed by atoms with E-state index in [4.69, 9.17) is 5.26 Å². The fourth-order valence-electron chi connectivity index (χ4n) is 3.76. The van der Waals surface area contributed by atoms with Crippen molar-refractivity contribution in [1.29, 1.82) is 5.26 Å². The van der Waals surface area contributed by atoms with Crippen LogP contribution >= 0.6 is 11.3 Å². The summed E-state index contributed by atoms with van der Waals surface area (Å²) in [5.74, 6) is 1.18. The molecule has 1 aromatic heterocycles. The number of carbonyl (C=O) groups is 1. The molecular weight excluding hydrogens is 294 g/mol. The number of hydrogen-bond donors (Lipinski definition) is 1. The topological polar surface area (TPSA) is 65.8 Å². The number of nitrogens with zero attached hydrogens (tertiary/aromatic N) is 2. The van der Waals surface area contributed by atoms with Gasteiger partial charge in [0.15, 0.2) is 5.13 Å². The Morgan fingerprint density at radius 2 is 2.14 bits per heavy atom. The molecule has 0 saturated heterocycles. The minimum absolute atomic E-state index is 0.0559. The highest BCUT2D eigenvalue weighted by Crippen LogP contribution is 2.37. The number of amides is 1. The van der Waals surface area contributed by atoms with Crippen molar-refractivity contribution in [2.75, 3.05) is 5.32 Å². The highest BCUT2D eigenvalue weighted by molar-refractivity contribution is 7.15. The first-order chi connectivity index (χ1) is 10.8. The number of thiazole rings is 1. The zero-order chi connectivity index (χ0) is 15.4. The zero-order valence-corrected chi connectivity index (χ0v) is 13.7. The third-order valence-electron chi connectivity index (χ3n) is 5.05. The lowest BCUT2D eigenvalue weighted by atomic mass is 9.89. The molecule has 3 rings (SSSR count). The zero-order valence-electron chi connectivity index (χ0n) is 12.9. The molecule has 1 unspecified atom stereocenters. The lowest BCUT2D eigenvalue weighted by Gasteiger charge is -2.19. The minimum Gasteiger partial charge on any atom is -0.302 e. The molecule has 2 aliphatic rings. The molecule has 1 aromatic rings. The van der Waals surface area contributed by atoms with E-state index >= 15 is 0 Å². The number of hydrogen-bond acceptors (Lipinski definition) is 4. The normalized spacial score (nSPS) is 25.8. The number of nitriles is 1. The number of aromatic nitrogens is 1. The number of carbonyl (C=O) groups excluding carboxylic acids is 1. The van der Waals surface area contributed by atoms with Gasteiger partial charge in [-0.15, -0.1) is 11.3 Å². The summed E-state index contributed by atoms with van der Waals surface area (Å²) >= 11 is 1.64. The van der Waals surface area contributed by atoms with Crippen molar-refractivity contribution in [2.45, 2.75) is 63.7 Å². The van der Waals surface area contributed by atoms with Crippen LogP contribution in [0.4, 0.5) is 5.13 Å². The minimum atomic E-state index is 0.0559. The first-order valence-electron chi connectivity index (χ1n) is 8.40. The molecule has 1 heterocycles. The molecule has 4 nitrogen and oxygen atoms in total. The predicted molar refractivity (Wildman–Crippen MR) is 87.6 cm³/mol. The molecular formula is C17H23N3OS. The first kappa shape index (κ1) is 15.5. The van der Waals surface area contributed by atoms with Crippen LogP contribution in [0.25, 0.3) is 0 Å². The van der Waals surface area contributed by atoms with Crippen LogP contribution in [0.2, 0.25) is 0 Å². The van der Waals surface area contributed by atoms with Gasteiger partial charge in [-0.05, 0) is 43.9 Å². The lowest BCUT2D eigenvalue weighted by Crippen LogP contribution is -2.20. The Morgan fingerprint density at radius 3 is 2.91 bits per heavy atom. The van der Waals surface area contributed by atoms with Crippen LogP contribution in [0.5, 0.6) is 0 Å². The van der Waals surface area contributed by atoms with E-state index in [0.717, 1.165) is 24.4 Å². The average Bonchev–Trinajstić information content (AvgIpc) is 3.18. The maximum Gasteiger partial charge on any atom is 0.229 e. The van der Waals surface area contributed by atoms with Crippen LogP contribution < -0.4 is 5.32 Å². The Morgan fingerprint density at radius 1 is 1.32 bits per heavy atom. The first-order valence-corrected chi connectivity index (χ1v) is 9.21. The third kappa shape index (κ3) is 3.67. The second kappa shape index (κ2) is 7.23. The molecule has 0 aromatic carbocycles. The number of nitrogens with one attached hydrogen (secondary N) is 1. The fourth-order valence-corrected chi connectivity index (χ4v) is 4.74. The summed E-state index contributed by atoms with van der Waals surface area (Å²) in [6, 6.07) is 2.22. The van der Waals surface area contributed by atoms with Gasteiger partial charge in [0.25, 0.3) is 0 Å². The van der Waals surface area contributed by atoms with Crippen LogP contribution in [0.15, 0.2) is 6.20 Å². The molecule has 1 amide bonds. The summed E-state index contributed by atoms with van der Waals surface area (Å²) in [5, 5.41) is 12.5. The fraction of sp³-hybridized carbons (Fsp3) is 0.706. The van der Waals surface area contributed by atoms with Crippen molar-refractivity contribution < 1.29 is 4.79 Å². The number of rotatable bonds is 4. The molecule has 0 bridgehead atoms. The van der Waals surface area contributed by atoms with E-state index in [-0.39, 0.29) is 11.8 Å². The Labute approximate surface area is 135 Å². The van der Waals surface area contributed by atoms with Gasteiger partial charge in [-0.1, -0.05) is 19.3 Å². The van der Waals surface area contributed by atoms with E-state index in [1.807, 2.05) is 6.20 Å². The van der Waals surface area contributed by atoms with E-state index in [1.165, 1.54) is 37.0 Å². The third-order valence-corrected chi connectivity index (χ3v) is 6.13. The summed E-state index contributed by atoms with van der Waals surface area (Å²) in [5.41, 5.74) is 0. The highest BCUT2D eigenvalue weighted by atomic mass is 32.1. The maximum atomic E-state index is 12.3. The van der Waals surface area contributed by atoms with Gasteiger partial charge in [0, 0.05) is 23.4 Å². The number of anilines is 1. The van der Waals surface area contributed by atoms with Crippen molar-refractivity contribution in [2.24, 2.45) is 11.8 Å². The van der Waals surface area contributed by atoms with Gasteiger partial charge in [-0.3, -0.25) is 4.79 Å². The molecule has 0 radical (unpaired) electrons. The summed E-state index contributed by atoms with van der Waals surface area (Å²) in [6.45, 7) is 0. The smallest absolute Gasteiger partial charge is 0.229 e.